The van der Waals surface area contributed by atoms with Gasteiger partial charge < -0.3 is 9.67 Å². The first kappa shape index (κ1) is 19.6. The molecule has 0 aliphatic rings. The van der Waals surface area contributed by atoms with Gasteiger partial charge in [0.15, 0.2) is 0 Å². The van der Waals surface area contributed by atoms with Crippen molar-refractivity contribution in [2.75, 3.05) is 0 Å². The Balaban J connectivity index is 1.79. The summed E-state index contributed by atoms with van der Waals surface area (Å²) in [7, 11) is 0. The Bertz CT molecular complexity index is 1020. The average Bonchev–Trinajstić information content (AvgIpc) is 2.97. The summed E-state index contributed by atoms with van der Waals surface area (Å²) in [5.74, 6) is -0.197. The largest absolute Gasteiger partial charge is 0.506 e. The number of hydrogen-bond acceptors (Lipinski definition) is 3. The monoisotopic (exact) mass is 537 g/mol. The molecule has 3 aromatic rings. The lowest BCUT2D eigenvalue weighted by atomic mass is 10.2. The van der Waals surface area contributed by atoms with Crippen molar-refractivity contribution in [3.63, 3.8) is 0 Å². The number of benzene rings is 2. The fourth-order valence-corrected chi connectivity index (χ4v) is 4.32. The predicted molar refractivity (Wildman–Crippen MR) is 119 cm³/mol. The molecule has 1 heterocycles. The number of phenols is 1. The van der Waals surface area contributed by atoms with Crippen LogP contribution in [0.5, 0.6) is 5.75 Å². The molecule has 0 atom stereocenters. The topological polar surface area (TPSA) is 66.6 Å². The highest BCUT2D eigenvalue weighted by Gasteiger charge is 2.09. The van der Waals surface area contributed by atoms with Crippen molar-refractivity contribution in [3.05, 3.63) is 79.1 Å². The van der Waals surface area contributed by atoms with Crippen LogP contribution in [0.25, 0.3) is 5.69 Å². The maximum atomic E-state index is 12.4. The molecular weight excluding hydrogens is 521 g/mol. The number of nitrogens with zero attached hydrogens (tertiary/aromatic N) is 2. The molecule has 0 aliphatic carbocycles. The molecule has 3 rings (SSSR count). The van der Waals surface area contributed by atoms with Crippen LogP contribution in [0, 0.1) is 17.4 Å². The zero-order valence-corrected chi connectivity index (χ0v) is 18.4. The number of halogens is 2. The van der Waals surface area contributed by atoms with Crippen LogP contribution in [0.3, 0.4) is 0 Å². The molecule has 7 heteroatoms. The van der Waals surface area contributed by atoms with Crippen LogP contribution in [0.1, 0.15) is 27.3 Å². The van der Waals surface area contributed by atoms with E-state index in [0.29, 0.717) is 14.7 Å². The molecular formula is C20H17BrIN3O2. The SMILES string of the molecule is Cc1ccc(C)n1-c1cccc(C(=O)N/N=C\c2cc(Br)cc(I)c2O)c1. The molecule has 0 radical (unpaired) electrons. The van der Waals surface area contributed by atoms with Gasteiger partial charge in [0, 0.05) is 32.7 Å². The Morgan fingerprint density at radius 2 is 1.89 bits per heavy atom. The standard InChI is InChI=1S/C20H17BrIN3O2/c1-12-6-7-13(2)25(12)17-5-3-4-14(9-17)20(27)24-23-11-15-8-16(21)10-18(22)19(15)26/h3-11,26H,1-2H3,(H,24,27)/b23-11-. The number of carbonyl (C=O) groups excluding carboxylic acids is 1. The summed E-state index contributed by atoms with van der Waals surface area (Å²) in [5.41, 5.74) is 6.65. The maximum absolute atomic E-state index is 12.4. The highest BCUT2D eigenvalue weighted by molar-refractivity contribution is 14.1. The molecule has 0 saturated carbocycles. The van der Waals surface area contributed by atoms with E-state index in [1.807, 2.05) is 66.8 Å². The van der Waals surface area contributed by atoms with Crippen molar-refractivity contribution in [1.82, 2.24) is 9.99 Å². The van der Waals surface area contributed by atoms with Crippen LogP contribution in [0.4, 0.5) is 0 Å². The van der Waals surface area contributed by atoms with Gasteiger partial charge in [-0.05, 0) is 78.9 Å². The second kappa shape index (κ2) is 8.26. The number of aryl methyl sites for hydroxylation is 2. The number of rotatable bonds is 4. The molecule has 0 bridgehead atoms. The molecule has 138 valence electrons. The third-order valence-electron chi connectivity index (χ3n) is 4.07. The van der Waals surface area contributed by atoms with Crippen molar-refractivity contribution in [3.8, 4) is 11.4 Å². The normalized spacial score (nSPS) is 11.1. The Labute approximate surface area is 179 Å². The third-order valence-corrected chi connectivity index (χ3v) is 5.35. The van der Waals surface area contributed by atoms with Crippen LogP contribution < -0.4 is 5.43 Å². The van der Waals surface area contributed by atoms with Gasteiger partial charge in [0.2, 0.25) is 0 Å². The van der Waals surface area contributed by atoms with Crippen molar-refractivity contribution in [2.45, 2.75) is 13.8 Å². The summed E-state index contributed by atoms with van der Waals surface area (Å²) >= 11 is 5.41. The van der Waals surface area contributed by atoms with E-state index < -0.39 is 0 Å². The van der Waals surface area contributed by atoms with Crippen LogP contribution >= 0.6 is 38.5 Å². The van der Waals surface area contributed by atoms with Crippen molar-refractivity contribution < 1.29 is 9.90 Å². The Morgan fingerprint density at radius 3 is 2.59 bits per heavy atom. The van der Waals surface area contributed by atoms with Gasteiger partial charge in [0.25, 0.3) is 5.91 Å². The molecule has 0 spiro atoms. The Morgan fingerprint density at radius 1 is 1.19 bits per heavy atom. The fraction of sp³-hybridized carbons (Fsp3) is 0.100. The summed E-state index contributed by atoms with van der Waals surface area (Å²) in [6, 6.07) is 15.0. The summed E-state index contributed by atoms with van der Waals surface area (Å²) < 4.78 is 3.60. The van der Waals surface area contributed by atoms with E-state index in [9.17, 15) is 9.90 Å². The van der Waals surface area contributed by atoms with Gasteiger partial charge in [-0.3, -0.25) is 4.79 Å². The molecule has 0 saturated heterocycles. The van der Waals surface area contributed by atoms with E-state index in [1.165, 1.54) is 6.21 Å². The molecule has 0 unspecified atom stereocenters. The van der Waals surface area contributed by atoms with E-state index in [0.717, 1.165) is 21.5 Å². The Hall–Kier alpha value is -2.13. The highest BCUT2D eigenvalue weighted by Crippen LogP contribution is 2.27. The second-order valence-electron chi connectivity index (χ2n) is 6.03. The van der Waals surface area contributed by atoms with Crippen LogP contribution in [0.15, 0.2) is 58.1 Å². The van der Waals surface area contributed by atoms with Gasteiger partial charge in [-0.2, -0.15) is 5.10 Å². The lowest BCUT2D eigenvalue weighted by Gasteiger charge is -2.10. The van der Waals surface area contributed by atoms with Gasteiger partial charge >= 0.3 is 0 Å². The number of aromatic hydroxyl groups is 1. The lowest BCUT2D eigenvalue weighted by molar-refractivity contribution is 0.0955. The van der Waals surface area contributed by atoms with Gasteiger partial charge in [0.1, 0.15) is 5.75 Å². The van der Waals surface area contributed by atoms with E-state index in [1.54, 1.807) is 18.2 Å². The zero-order valence-electron chi connectivity index (χ0n) is 14.7. The van der Waals surface area contributed by atoms with Crippen LogP contribution in [0.2, 0.25) is 0 Å². The lowest BCUT2D eigenvalue weighted by Crippen LogP contribution is -2.18. The van der Waals surface area contributed by atoms with E-state index >= 15 is 0 Å². The molecule has 1 amide bonds. The fourth-order valence-electron chi connectivity index (χ4n) is 2.77. The van der Waals surface area contributed by atoms with Gasteiger partial charge in [-0.1, -0.05) is 22.0 Å². The molecule has 0 fully saturated rings. The van der Waals surface area contributed by atoms with Crippen LogP contribution in [-0.4, -0.2) is 21.8 Å². The minimum absolute atomic E-state index is 0.123. The number of carbonyl (C=O) groups is 1. The first-order valence-electron chi connectivity index (χ1n) is 8.13. The number of nitrogens with one attached hydrogen (secondary N) is 1. The van der Waals surface area contributed by atoms with E-state index in [2.05, 4.69) is 31.0 Å². The summed E-state index contributed by atoms with van der Waals surface area (Å²) in [6.07, 6.45) is 1.42. The zero-order chi connectivity index (χ0) is 19.6. The number of hydrogen-bond donors (Lipinski definition) is 2. The van der Waals surface area contributed by atoms with Crippen molar-refractivity contribution in [1.29, 1.82) is 0 Å². The molecule has 27 heavy (non-hydrogen) atoms. The smallest absolute Gasteiger partial charge is 0.271 e. The molecule has 1 aromatic heterocycles. The number of hydrazone groups is 1. The number of aromatic nitrogens is 1. The first-order chi connectivity index (χ1) is 12.9. The van der Waals surface area contributed by atoms with Crippen molar-refractivity contribution in [2.24, 2.45) is 5.10 Å². The minimum atomic E-state index is -0.320. The molecule has 0 aliphatic heterocycles. The minimum Gasteiger partial charge on any atom is -0.506 e. The third kappa shape index (κ3) is 4.41. The maximum Gasteiger partial charge on any atom is 0.271 e. The van der Waals surface area contributed by atoms with Crippen LogP contribution in [-0.2, 0) is 0 Å². The molecule has 2 N–H and O–H groups in total. The van der Waals surface area contributed by atoms with Gasteiger partial charge in [-0.25, -0.2) is 5.43 Å². The number of amides is 1. The molecule has 2 aromatic carbocycles. The van der Waals surface area contributed by atoms with E-state index in [-0.39, 0.29) is 11.7 Å². The average molecular weight is 538 g/mol. The van der Waals surface area contributed by atoms with Crippen molar-refractivity contribution >= 4 is 50.6 Å². The highest BCUT2D eigenvalue weighted by atomic mass is 127. The molecule has 5 nitrogen and oxygen atoms in total. The summed E-state index contributed by atoms with van der Waals surface area (Å²) in [5, 5.41) is 14.0. The van der Waals surface area contributed by atoms with Gasteiger partial charge in [0.05, 0.1) is 9.78 Å². The second-order valence-corrected chi connectivity index (χ2v) is 8.10. The van der Waals surface area contributed by atoms with Gasteiger partial charge in [-0.15, -0.1) is 0 Å². The summed E-state index contributed by atoms with van der Waals surface area (Å²) in [4.78, 5) is 12.4. The first-order valence-corrected chi connectivity index (χ1v) is 10.0. The van der Waals surface area contributed by atoms with E-state index in [4.69, 9.17) is 0 Å². The summed E-state index contributed by atoms with van der Waals surface area (Å²) in [6.45, 7) is 4.05. The Kier molecular flexibility index (Phi) is 6.01. The number of phenolic OH excluding ortho intramolecular Hbond substituents is 1. The quantitative estimate of drug-likeness (QED) is 0.281. The predicted octanol–water partition coefficient (Wildman–Crippen LogP) is 4.93.